The molecule has 0 aliphatic rings. The number of rotatable bonds is 2. The zero-order valence-corrected chi connectivity index (χ0v) is 13.2. The van der Waals surface area contributed by atoms with Crippen LogP contribution in [-0.4, -0.2) is 20.6 Å². The molecule has 22 heavy (non-hydrogen) atoms. The van der Waals surface area contributed by atoms with Crippen molar-refractivity contribution < 1.29 is 9.90 Å². The molecule has 0 bridgehead atoms. The van der Waals surface area contributed by atoms with Gasteiger partial charge in [0.15, 0.2) is 0 Å². The van der Waals surface area contributed by atoms with Crippen molar-refractivity contribution in [3.05, 3.63) is 68.7 Å². The second-order valence-corrected chi connectivity index (χ2v) is 5.70. The number of hydrogen-bond donors (Lipinski definition) is 1. The fourth-order valence-electron chi connectivity index (χ4n) is 2.28. The number of carboxylic acids is 1. The smallest absolute Gasteiger partial charge is 0.335 e. The second kappa shape index (κ2) is 5.38. The van der Waals surface area contributed by atoms with E-state index in [0.29, 0.717) is 10.9 Å². The first kappa shape index (κ1) is 14.5. The number of halogens is 1. The van der Waals surface area contributed by atoms with Crippen molar-refractivity contribution in [3.8, 4) is 5.69 Å². The summed E-state index contributed by atoms with van der Waals surface area (Å²) in [7, 11) is 0. The summed E-state index contributed by atoms with van der Waals surface area (Å²) in [5.41, 5.74) is 1.90. The van der Waals surface area contributed by atoms with E-state index in [1.165, 1.54) is 29.1 Å². The van der Waals surface area contributed by atoms with Gasteiger partial charge in [-0.2, -0.15) is 0 Å². The van der Waals surface area contributed by atoms with Crippen LogP contribution in [-0.2, 0) is 0 Å². The molecular formula is C16H11BrN2O3. The van der Waals surface area contributed by atoms with Crippen molar-refractivity contribution in [2.75, 3.05) is 0 Å². The molecule has 0 spiro atoms. The SMILES string of the molecule is Cc1c(Br)cccc1-n1cnc2cc(C(=O)O)ccc2c1=O. The van der Waals surface area contributed by atoms with E-state index in [-0.39, 0.29) is 11.1 Å². The molecule has 0 saturated carbocycles. The maximum absolute atomic E-state index is 12.6. The molecule has 3 rings (SSSR count). The Morgan fingerprint density at radius 2 is 2.05 bits per heavy atom. The first-order valence-electron chi connectivity index (χ1n) is 6.49. The van der Waals surface area contributed by atoms with Gasteiger partial charge in [0.2, 0.25) is 0 Å². The summed E-state index contributed by atoms with van der Waals surface area (Å²) in [4.78, 5) is 27.8. The van der Waals surface area contributed by atoms with Crippen LogP contribution in [0.2, 0.25) is 0 Å². The predicted octanol–water partition coefficient (Wildman–Crippen LogP) is 3.15. The van der Waals surface area contributed by atoms with Crippen molar-refractivity contribution in [1.82, 2.24) is 9.55 Å². The lowest BCUT2D eigenvalue weighted by Crippen LogP contribution is -2.20. The Morgan fingerprint density at radius 3 is 2.77 bits per heavy atom. The molecule has 0 aliphatic heterocycles. The summed E-state index contributed by atoms with van der Waals surface area (Å²) >= 11 is 3.44. The number of carbonyl (C=O) groups is 1. The highest BCUT2D eigenvalue weighted by atomic mass is 79.9. The fraction of sp³-hybridized carbons (Fsp3) is 0.0625. The van der Waals surface area contributed by atoms with Crippen LogP contribution in [0.15, 0.2) is 52.0 Å². The van der Waals surface area contributed by atoms with E-state index in [2.05, 4.69) is 20.9 Å². The molecule has 0 unspecified atom stereocenters. The number of aromatic nitrogens is 2. The normalized spacial score (nSPS) is 10.8. The quantitative estimate of drug-likeness (QED) is 0.763. The third kappa shape index (κ3) is 2.31. The molecule has 1 N–H and O–H groups in total. The molecule has 3 aromatic rings. The highest BCUT2D eigenvalue weighted by molar-refractivity contribution is 9.10. The summed E-state index contributed by atoms with van der Waals surface area (Å²) < 4.78 is 2.36. The summed E-state index contributed by atoms with van der Waals surface area (Å²) in [5.74, 6) is -1.05. The Kier molecular flexibility index (Phi) is 3.54. The van der Waals surface area contributed by atoms with Gasteiger partial charge in [-0.3, -0.25) is 9.36 Å². The van der Waals surface area contributed by atoms with Crippen LogP contribution in [0.4, 0.5) is 0 Å². The van der Waals surface area contributed by atoms with Crippen LogP contribution in [0.3, 0.4) is 0 Å². The summed E-state index contributed by atoms with van der Waals surface area (Å²) in [5, 5.41) is 9.38. The number of aromatic carboxylic acids is 1. The first-order valence-corrected chi connectivity index (χ1v) is 7.28. The average molecular weight is 359 g/mol. The predicted molar refractivity (Wildman–Crippen MR) is 86.7 cm³/mol. The topological polar surface area (TPSA) is 72.2 Å². The summed E-state index contributed by atoms with van der Waals surface area (Å²) in [6.07, 6.45) is 1.42. The third-order valence-electron chi connectivity index (χ3n) is 3.50. The van der Waals surface area contributed by atoms with Gasteiger partial charge < -0.3 is 5.11 Å². The van der Waals surface area contributed by atoms with E-state index in [0.717, 1.165) is 15.7 Å². The van der Waals surface area contributed by atoms with E-state index in [1.807, 2.05) is 25.1 Å². The van der Waals surface area contributed by atoms with E-state index in [9.17, 15) is 9.59 Å². The fourth-order valence-corrected chi connectivity index (χ4v) is 2.64. The lowest BCUT2D eigenvalue weighted by atomic mass is 10.1. The average Bonchev–Trinajstić information content (AvgIpc) is 2.50. The zero-order chi connectivity index (χ0) is 15.9. The molecule has 0 aliphatic carbocycles. The number of benzene rings is 2. The van der Waals surface area contributed by atoms with Crippen molar-refractivity contribution in [2.45, 2.75) is 6.92 Å². The van der Waals surface area contributed by atoms with Gasteiger partial charge in [0, 0.05) is 4.47 Å². The number of fused-ring (bicyclic) bond motifs is 1. The van der Waals surface area contributed by atoms with Crippen LogP contribution >= 0.6 is 15.9 Å². The molecule has 0 saturated heterocycles. The van der Waals surface area contributed by atoms with Gasteiger partial charge in [-0.05, 0) is 42.8 Å². The molecule has 1 heterocycles. The Hall–Kier alpha value is -2.47. The second-order valence-electron chi connectivity index (χ2n) is 4.84. The van der Waals surface area contributed by atoms with Gasteiger partial charge in [0.05, 0.1) is 22.2 Å². The molecule has 0 fully saturated rings. The van der Waals surface area contributed by atoms with Crippen LogP contribution in [0.1, 0.15) is 15.9 Å². The first-order chi connectivity index (χ1) is 10.5. The Balaban J connectivity index is 2.27. The van der Waals surface area contributed by atoms with E-state index < -0.39 is 5.97 Å². The zero-order valence-electron chi connectivity index (χ0n) is 11.6. The minimum Gasteiger partial charge on any atom is -0.478 e. The van der Waals surface area contributed by atoms with Crippen molar-refractivity contribution in [1.29, 1.82) is 0 Å². The molecule has 0 atom stereocenters. The molecule has 2 aromatic carbocycles. The van der Waals surface area contributed by atoms with Crippen LogP contribution in [0.5, 0.6) is 0 Å². The van der Waals surface area contributed by atoms with Gasteiger partial charge in [0.1, 0.15) is 6.33 Å². The standard InChI is InChI=1S/C16H11BrN2O3/c1-9-12(17)3-2-4-14(9)19-8-18-13-7-10(16(21)22)5-6-11(13)15(19)20/h2-8H,1H3,(H,21,22). The van der Waals surface area contributed by atoms with Crippen molar-refractivity contribution in [2.24, 2.45) is 0 Å². The maximum Gasteiger partial charge on any atom is 0.335 e. The van der Waals surface area contributed by atoms with Gasteiger partial charge in [-0.15, -0.1) is 0 Å². The van der Waals surface area contributed by atoms with Gasteiger partial charge in [-0.25, -0.2) is 9.78 Å². The molecule has 0 radical (unpaired) electrons. The minimum atomic E-state index is -1.05. The largest absolute Gasteiger partial charge is 0.478 e. The highest BCUT2D eigenvalue weighted by Crippen LogP contribution is 2.22. The Bertz CT molecular complexity index is 963. The number of carboxylic acid groups (broad SMARTS) is 1. The Labute approximate surface area is 134 Å². The van der Waals surface area contributed by atoms with Gasteiger partial charge in [-0.1, -0.05) is 22.0 Å². The van der Waals surface area contributed by atoms with Gasteiger partial charge in [0.25, 0.3) is 5.56 Å². The van der Waals surface area contributed by atoms with Crippen LogP contribution < -0.4 is 5.56 Å². The van der Waals surface area contributed by atoms with Crippen LogP contribution in [0.25, 0.3) is 16.6 Å². The van der Waals surface area contributed by atoms with E-state index in [4.69, 9.17) is 5.11 Å². The van der Waals surface area contributed by atoms with Crippen molar-refractivity contribution >= 4 is 32.8 Å². The maximum atomic E-state index is 12.6. The molecule has 0 amide bonds. The highest BCUT2D eigenvalue weighted by Gasteiger charge is 2.11. The Morgan fingerprint density at radius 1 is 1.27 bits per heavy atom. The monoisotopic (exact) mass is 358 g/mol. The lowest BCUT2D eigenvalue weighted by molar-refractivity contribution is 0.0697. The molecule has 1 aromatic heterocycles. The number of hydrogen-bond acceptors (Lipinski definition) is 3. The molecule has 6 heteroatoms. The van der Waals surface area contributed by atoms with E-state index in [1.54, 1.807) is 0 Å². The minimum absolute atomic E-state index is 0.107. The summed E-state index contributed by atoms with van der Waals surface area (Å²) in [6, 6.07) is 9.88. The van der Waals surface area contributed by atoms with Crippen molar-refractivity contribution in [3.63, 3.8) is 0 Å². The number of nitrogens with zero attached hydrogens (tertiary/aromatic N) is 2. The third-order valence-corrected chi connectivity index (χ3v) is 4.36. The van der Waals surface area contributed by atoms with Gasteiger partial charge >= 0.3 is 5.97 Å². The van der Waals surface area contributed by atoms with E-state index >= 15 is 0 Å². The molecular weight excluding hydrogens is 348 g/mol. The van der Waals surface area contributed by atoms with Crippen LogP contribution in [0, 0.1) is 6.92 Å². The summed E-state index contributed by atoms with van der Waals surface area (Å²) in [6.45, 7) is 1.91. The lowest BCUT2D eigenvalue weighted by Gasteiger charge is -2.11. The molecule has 110 valence electrons. The molecule has 5 nitrogen and oxygen atoms in total.